The van der Waals surface area contributed by atoms with Crippen LogP contribution in [0, 0.1) is 0 Å². The maximum atomic E-state index is 12.0. The van der Waals surface area contributed by atoms with E-state index in [4.69, 9.17) is 4.74 Å². The zero-order valence-electron chi connectivity index (χ0n) is 13.6. The fourth-order valence-electron chi connectivity index (χ4n) is 2.66. The molecule has 5 nitrogen and oxygen atoms in total. The van der Waals surface area contributed by atoms with E-state index in [0.717, 1.165) is 34.4 Å². The van der Waals surface area contributed by atoms with Gasteiger partial charge in [0.1, 0.15) is 5.75 Å². The Balaban J connectivity index is 1.53. The highest BCUT2D eigenvalue weighted by molar-refractivity contribution is 8.13. The monoisotopic (exact) mass is 344 g/mol. The normalized spacial score (nSPS) is 14.2. The summed E-state index contributed by atoms with van der Waals surface area (Å²) in [7, 11) is 1.65. The third-order valence-corrected chi connectivity index (χ3v) is 4.95. The summed E-state index contributed by atoms with van der Waals surface area (Å²) in [5, 5.41) is 5.21. The van der Waals surface area contributed by atoms with Crippen molar-refractivity contribution in [3.05, 3.63) is 42.0 Å². The predicted molar refractivity (Wildman–Crippen MR) is 96.4 cm³/mol. The molecule has 1 fully saturated rings. The molecule has 1 aliphatic heterocycles. The third-order valence-electron chi connectivity index (χ3n) is 4.06. The number of rotatable bonds is 6. The maximum absolute atomic E-state index is 12.0. The zero-order chi connectivity index (χ0) is 16.9. The van der Waals surface area contributed by atoms with E-state index in [2.05, 4.69) is 11.4 Å². The van der Waals surface area contributed by atoms with Gasteiger partial charge in [-0.25, -0.2) is 0 Å². The molecule has 126 valence electrons. The quantitative estimate of drug-likeness (QED) is 0.875. The van der Waals surface area contributed by atoms with Crippen molar-refractivity contribution in [2.24, 2.45) is 0 Å². The Bertz CT molecular complexity index is 763. The maximum Gasteiger partial charge on any atom is 0.281 e. The molecule has 1 saturated heterocycles. The average Bonchev–Trinajstić information content (AvgIpc) is 3.02. The second-order valence-electron chi connectivity index (χ2n) is 5.68. The third kappa shape index (κ3) is 4.00. The molecule has 0 aliphatic carbocycles. The van der Waals surface area contributed by atoms with Crippen LogP contribution in [0.4, 0.5) is 4.79 Å². The first-order valence-corrected chi connectivity index (χ1v) is 8.89. The average molecular weight is 344 g/mol. The van der Waals surface area contributed by atoms with Gasteiger partial charge in [-0.2, -0.15) is 0 Å². The van der Waals surface area contributed by atoms with Gasteiger partial charge in [0.2, 0.25) is 5.91 Å². The Morgan fingerprint density at radius 3 is 2.79 bits per heavy atom. The lowest BCUT2D eigenvalue weighted by Gasteiger charge is -2.14. The molecule has 1 N–H and O–H groups in total. The number of carbonyl (C=O) groups excluding carboxylic acids is 2. The van der Waals surface area contributed by atoms with Crippen LogP contribution in [0.25, 0.3) is 10.8 Å². The van der Waals surface area contributed by atoms with Gasteiger partial charge < -0.3 is 15.0 Å². The molecule has 2 amide bonds. The number of nitrogens with one attached hydrogen (secondary N) is 1. The molecule has 2 aromatic rings. The zero-order valence-corrected chi connectivity index (χ0v) is 14.4. The molecule has 6 heteroatoms. The minimum atomic E-state index is -0.0328. The Labute approximate surface area is 145 Å². The van der Waals surface area contributed by atoms with Crippen molar-refractivity contribution in [3.8, 4) is 5.75 Å². The number of amides is 2. The standard InChI is InChI=1S/C18H20N2O3S/c1-23-16-5-4-14-10-13(2-3-15(14)11-16)12-19-17(21)6-7-20-8-9-24-18(20)22/h2-5,10-11H,6-9,12H2,1H3,(H,19,21). The van der Waals surface area contributed by atoms with Gasteiger partial charge in [-0.05, 0) is 34.5 Å². The second kappa shape index (κ2) is 7.57. The molecule has 24 heavy (non-hydrogen) atoms. The number of methoxy groups -OCH3 is 1. The Hall–Kier alpha value is -2.21. The number of fused-ring (bicyclic) bond motifs is 1. The number of hydrogen-bond donors (Lipinski definition) is 1. The van der Waals surface area contributed by atoms with E-state index >= 15 is 0 Å². The van der Waals surface area contributed by atoms with Gasteiger partial charge in [-0.15, -0.1) is 0 Å². The Morgan fingerprint density at radius 1 is 1.25 bits per heavy atom. The number of hydrogen-bond acceptors (Lipinski definition) is 4. The van der Waals surface area contributed by atoms with Crippen LogP contribution in [0.3, 0.4) is 0 Å². The summed E-state index contributed by atoms with van der Waals surface area (Å²) in [6, 6.07) is 12.0. The summed E-state index contributed by atoms with van der Waals surface area (Å²) in [4.78, 5) is 25.2. The molecule has 0 aromatic heterocycles. The van der Waals surface area contributed by atoms with Gasteiger partial charge in [0.15, 0.2) is 0 Å². The van der Waals surface area contributed by atoms with E-state index in [0.29, 0.717) is 19.5 Å². The van der Waals surface area contributed by atoms with Crippen LogP contribution in [0.2, 0.25) is 0 Å². The molecule has 0 atom stereocenters. The highest BCUT2D eigenvalue weighted by Crippen LogP contribution is 2.22. The van der Waals surface area contributed by atoms with Crippen LogP contribution in [0.5, 0.6) is 5.75 Å². The molecule has 0 saturated carbocycles. The lowest BCUT2D eigenvalue weighted by Crippen LogP contribution is -2.30. The molecule has 0 spiro atoms. The van der Waals surface area contributed by atoms with Crippen LogP contribution >= 0.6 is 11.8 Å². The fourth-order valence-corrected chi connectivity index (χ4v) is 3.52. The minimum Gasteiger partial charge on any atom is -0.497 e. The summed E-state index contributed by atoms with van der Waals surface area (Å²) in [5.41, 5.74) is 1.05. The summed E-state index contributed by atoms with van der Waals surface area (Å²) in [5.74, 6) is 1.62. The molecule has 0 radical (unpaired) electrons. The van der Waals surface area contributed by atoms with Crippen molar-refractivity contribution < 1.29 is 14.3 Å². The van der Waals surface area contributed by atoms with Crippen molar-refractivity contribution in [3.63, 3.8) is 0 Å². The van der Waals surface area contributed by atoms with Gasteiger partial charge >= 0.3 is 0 Å². The first-order chi connectivity index (χ1) is 11.7. The summed E-state index contributed by atoms with van der Waals surface area (Å²) >= 11 is 1.32. The lowest BCUT2D eigenvalue weighted by molar-refractivity contribution is -0.121. The van der Waals surface area contributed by atoms with Crippen molar-refractivity contribution in [2.45, 2.75) is 13.0 Å². The smallest absolute Gasteiger partial charge is 0.281 e. The number of thioether (sulfide) groups is 1. The van der Waals surface area contributed by atoms with E-state index in [9.17, 15) is 9.59 Å². The minimum absolute atomic E-state index is 0.0328. The van der Waals surface area contributed by atoms with Gasteiger partial charge in [0.25, 0.3) is 5.24 Å². The highest BCUT2D eigenvalue weighted by atomic mass is 32.2. The van der Waals surface area contributed by atoms with Gasteiger partial charge in [0, 0.05) is 31.8 Å². The molecule has 1 aliphatic rings. The van der Waals surface area contributed by atoms with Gasteiger partial charge in [0.05, 0.1) is 7.11 Å². The molecule has 1 heterocycles. The molecule has 0 unspecified atom stereocenters. The number of benzene rings is 2. The van der Waals surface area contributed by atoms with E-state index in [-0.39, 0.29) is 11.1 Å². The number of ether oxygens (including phenoxy) is 1. The van der Waals surface area contributed by atoms with E-state index in [1.54, 1.807) is 12.0 Å². The largest absolute Gasteiger partial charge is 0.497 e. The van der Waals surface area contributed by atoms with Gasteiger partial charge in [-0.3, -0.25) is 9.59 Å². The summed E-state index contributed by atoms with van der Waals surface area (Å²) in [6.07, 6.45) is 0.344. The van der Waals surface area contributed by atoms with Crippen LogP contribution in [-0.2, 0) is 11.3 Å². The van der Waals surface area contributed by atoms with E-state index in [1.165, 1.54) is 11.8 Å². The molecule has 2 aromatic carbocycles. The molecular weight excluding hydrogens is 324 g/mol. The van der Waals surface area contributed by atoms with Crippen LogP contribution < -0.4 is 10.1 Å². The molecule has 0 bridgehead atoms. The van der Waals surface area contributed by atoms with Crippen molar-refractivity contribution in [1.82, 2.24) is 10.2 Å². The topological polar surface area (TPSA) is 58.6 Å². The first kappa shape index (κ1) is 16.6. The molecule has 3 rings (SSSR count). The predicted octanol–water partition coefficient (Wildman–Crippen LogP) is 3.02. The Kier molecular flexibility index (Phi) is 5.25. The first-order valence-electron chi connectivity index (χ1n) is 7.91. The van der Waals surface area contributed by atoms with Crippen molar-refractivity contribution in [1.29, 1.82) is 0 Å². The fraction of sp³-hybridized carbons (Fsp3) is 0.333. The van der Waals surface area contributed by atoms with E-state index in [1.807, 2.05) is 30.3 Å². The van der Waals surface area contributed by atoms with Crippen molar-refractivity contribution >= 4 is 33.7 Å². The summed E-state index contributed by atoms with van der Waals surface area (Å²) < 4.78 is 5.22. The SMILES string of the molecule is COc1ccc2cc(CNC(=O)CCN3CCSC3=O)ccc2c1. The number of carbonyl (C=O) groups is 2. The number of nitrogens with zero attached hydrogens (tertiary/aromatic N) is 1. The van der Waals surface area contributed by atoms with Crippen LogP contribution in [-0.4, -0.2) is 42.0 Å². The Morgan fingerprint density at radius 2 is 2.04 bits per heavy atom. The summed E-state index contributed by atoms with van der Waals surface area (Å²) in [6.45, 7) is 1.73. The van der Waals surface area contributed by atoms with E-state index < -0.39 is 0 Å². The van der Waals surface area contributed by atoms with Crippen LogP contribution in [0.15, 0.2) is 36.4 Å². The highest BCUT2D eigenvalue weighted by Gasteiger charge is 2.21. The van der Waals surface area contributed by atoms with Gasteiger partial charge in [-0.1, -0.05) is 30.0 Å². The second-order valence-corrected chi connectivity index (χ2v) is 6.72. The lowest BCUT2D eigenvalue weighted by atomic mass is 10.1. The molecular formula is C18H20N2O3S. The van der Waals surface area contributed by atoms with Crippen LogP contribution in [0.1, 0.15) is 12.0 Å². The van der Waals surface area contributed by atoms with Crippen molar-refractivity contribution in [2.75, 3.05) is 26.0 Å².